The van der Waals surface area contributed by atoms with Crippen molar-refractivity contribution in [1.29, 1.82) is 0 Å². The average Bonchev–Trinajstić information content (AvgIpc) is 3.13. The molecule has 0 radical (unpaired) electrons. The number of ether oxygens (including phenoxy) is 1. The molecule has 2 aromatic carbocycles. The molecule has 1 N–H and O–H groups in total. The molecular weight excluding hydrogens is 396 g/mol. The van der Waals surface area contributed by atoms with E-state index in [-0.39, 0.29) is 12.7 Å². The minimum atomic E-state index is -0.635. The molecule has 3 rings (SSSR count). The second kappa shape index (κ2) is 9.52. The lowest BCUT2D eigenvalue weighted by molar-refractivity contribution is 0.00621. The summed E-state index contributed by atoms with van der Waals surface area (Å²) in [7, 11) is 0. The van der Waals surface area contributed by atoms with Gasteiger partial charge in [-0.15, -0.1) is 5.10 Å². The number of aromatic nitrogens is 4. The topological polar surface area (TPSA) is 73.1 Å². The summed E-state index contributed by atoms with van der Waals surface area (Å²) in [4.78, 5) is 0. The molecule has 0 aliphatic rings. The Bertz CT molecular complexity index is 917. The van der Waals surface area contributed by atoms with Crippen LogP contribution in [0.3, 0.4) is 0 Å². The lowest BCUT2D eigenvalue weighted by Crippen LogP contribution is -2.19. The second-order valence-electron chi connectivity index (χ2n) is 6.66. The number of thioether (sulfide) groups is 1. The number of nitrogens with zero attached hydrogens (tertiary/aromatic N) is 4. The van der Waals surface area contributed by atoms with Gasteiger partial charge in [0.05, 0.1) is 24.5 Å². The Morgan fingerprint density at radius 1 is 1.18 bits per heavy atom. The molecule has 28 heavy (non-hydrogen) atoms. The van der Waals surface area contributed by atoms with Crippen molar-refractivity contribution in [2.75, 3.05) is 12.4 Å². The number of hydrogen-bond acceptors (Lipinski definition) is 6. The van der Waals surface area contributed by atoms with Crippen LogP contribution in [-0.2, 0) is 4.74 Å². The number of aliphatic hydroxyl groups is 1. The number of benzene rings is 2. The van der Waals surface area contributed by atoms with Gasteiger partial charge in [0.25, 0.3) is 0 Å². The standard InChI is InChI=1S/C20H23ClN4O2S/c1-13-4-9-19(14(2)10-13)25-20(22-23-24-25)28-12-18(26)11-27-15(3)16-5-7-17(21)8-6-16/h4-10,15,18,26H,11-12H2,1-3H3/t15-,18+/m0/s1. The SMILES string of the molecule is Cc1ccc(-n2nnnc2SC[C@H](O)CO[C@@H](C)c2ccc(Cl)cc2)c(C)c1. The average molecular weight is 419 g/mol. The van der Waals surface area contributed by atoms with Crippen molar-refractivity contribution in [3.8, 4) is 5.69 Å². The zero-order valence-corrected chi connectivity index (χ0v) is 17.6. The summed E-state index contributed by atoms with van der Waals surface area (Å²) in [6.45, 7) is 6.25. The summed E-state index contributed by atoms with van der Waals surface area (Å²) in [5.74, 6) is 0.429. The van der Waals surface area contributed by atoms with Gasteiger partial charge in [-0.25, -0.2) is 0 Å². The summed E-state index contributed by atoms with van der Waals surface area (Å²) in [5, 5.41) is 23.6. The molecule has 0 saturated heterocycles. The van der Waals surface area contributed by atoms with Gasteiger partial charge in [-0.3, -0.25) is 0 Å². The molecule has 0 amide bonds. The van der Waals surface area contributed by atoms with E-state index in [0.29, 0.717) is 15.9 Å². The molecule has 8 heteroatoms. The van der Waals surface area contributed by atoms with Gasteiger partial charge < -0.3 is 9.84 Å². The molecule has 0 spiro atoms. The molecule has 3 aromatic rings. The second-order valence-corrected chi connectivity index (χ2v) is 8.08. The third kappa shape index (κ3) is 5.32. The molecule has 0 saturated carbocycles. The molecule has 0 unspecified atom stereocenters. The molecule has 0 aliphatic heterocycles. The predicted molar refractivity (Wildman–Crippen MR) is 111 cm³/mol. The molecule has 1 aromatic heterocycles. The fourth-order valence-corrected chi connectivity index (χ4v) is 3.68. The van der Waals surface area contributed by atoms with E-state index in [2.05, 4.69) is 21.6 Å². The summed E-state index contributed by atoms with van der Waals surface area (Å²) < 4.78 is 7.48. The van der Waals surface area contributed by atoms with Crippen LogP contribution in [0.4, 0.5) is 0 Å². The number of aliphatic hydroxyl groups excluding tert-OH is 1. The zero-order valence-electron chi connectivity index (χ0n) is 16.0. The molecule has 1 heterocycles. The third-order valence-corrected chi connectivity index (χ3v) is 5.62. The van der Waals surface area contributed by atoms with Crippen LogP contribution in [-0.4, -0.2) is 43.8 Å². The number of rotatable bonds is 8. The van der Waals surface area contributed by atoms with Crippen LogP contribution in [0.2, 0.25) is 5.02 Å². The molecule has 0 bridgehead atoms. The van der Waals surface area contributed by atoms with Crippen LogP contribution >= 0.6 is 23.4 Å². The number of hydrogen-bond donors (Lipinski definition) is 1. The van der Waals surface area contributed by atoms with Crippen LogP contribution in [0, 0.1) is 13.8 Å². The van der Waals surface area contributed by atoms with E-state index in [4.69, 9.17) is 16.3 Å². The maximum atomic E-state index is 10.3. The van der Waals surface area contributed by atoms with Crippen LogP contribution in [0.15, 0.2) is 47.6 Å². The Kier molecular flexibility index (Phi) is 7.07. The minimum absolute atomic E-state index is 0.127. The van der Waals surface area contributed by atoms with E-state index < -0.39 is 6.10 Å². The van der Waals surface area contributed by atoms with E-state index in [1.165, 1.54) is 17.3 Å². The number of aryl methyl sites for hydroxylation is 2. The van der Waals surface area contributed by atoms with Crippen molar-refractivity contribution in [2.45, 2.75) is 38.1 Å². The minimum Gasteiger partial charge on any atom is -0.390 e. The normalized spacial score (nSPS) is 13.5. The van der Waals surface area contributed by atoms with E-state index in [1.807, 2.05) is 57.2 Å². The number of halogens is 1. The van der Waals surface area contributed by atoms with Crippen LogP contribution in [0.1, 0.15) is 29.7 Å². The Hall–Kier alpha value is -1.93. The van der Waals surface area contributed by atoms with Gasteiger partial charge >= 0.3 is 0 Å². The Balaban J connectivity index is 1.54. The Morgan fingerprint density at radius 2 is 1.93 bits per heavy atom. The van der Waals surface area contributed by atoms with Crippen molar-refractivity contribution in [3.05, 3.63) is 64.2 Å². The van der Waals surface area contributed by atoms with E-state index in [0.717, 1.165) is 16.8 Å². The molecule has 0 fully saturated rings. The smallest absolute Gasteiger partial charge is 0.214 e. The molecule has 148 valence electrons. The first kappa shape index (κ1) is 20.8. The van der Waals surface area contributed by atoms with Gasteiger partial charge in [0.2, 0.25) is 5.16 Å². The highest BCUT2D eigenvalue weighted by atomic mass is 35.5. The summed E-state index contributed by atoms with van der Waals surface area (Å²) in [6, 6.07) is 13.6. The quantitative estimate of drug-likeness (QED) is 0.553. The Labute approximate surface area is 173 Å². The van der Waals surface area contributed by atoms with Gasteiger partial charge in [-0.05, 0) is 60.5 Å². The molecular formula is C20H23ClN4O2S. The van der Waals surface area contributed by atoms with Crippen molar-refractivity contribution >= 4 is 23.4 Å². The lowest BCUT2D eigenvalue weighted by Gasteiger charge is -2.16. The fraction of sp³-hybridized carbons (Fsp3) is 0.350. The highest BCUT2D eigenvalue weighted by molar-refractivity contribution is 7.99. The van der Waals surface area contributed by atoms with Crippen LogP contribution < -0.4 is 0 Å². The maximum Gasteiger partial charge on any atom is 0.214 e. The molecule has 0 aliphatic carbocycles. The van der Waals surface area contributed by atoms with E-state index >= 15 is 0 Å². The van der Waals surface area contributed by atoms with Crippen molar-refractivity contribution in [3.63, 3.8) is 0 Å². The van der Waals surface area contributed by atoms with E-state index in [9.17, 15) is 5.11 Å². The first-order valence-corrected chi connectivity index (χ1v) is 10.3. The van der Waals surface area contributed by atoms with Gasteiger partial charge in [0.1, 0.15) is 0 Å². The van der Waals surface area contributed by atoms with Crippen molar-refractivity contribution in [2.24, 2.45) is 0 Å². The van der Waals surface area contributed by atoms with Gasteiger partial charge in [0.15, 0.2) is 0 Å². The van der Waals surface area contributed by atoms with Crippen LogP contribution in [0.5, 0.6) is 0 Å². The van der Waals surface area contributed by atoms with E-state index in [1.54, 1.807) is 4.68 Å². The molecule has 2 atom stereocenters. The zero-order chi connectivity index (χ0) is 20.1. The first-order valence-electron chi connectivity index (χ1n) is 8.98. The lowest BCUT2D eigenvalue weighted by atomic mass is 10.1. The summed E-state index contributed by atoms with van der Waals surface area (Å²) in [5.41, 5.74) is 4.23. The first-order chi connectivity index (χ1) is 13.4. The monoisotopic (exact) mass is 418 g/mol. The van der Waals surface area contributed by atoms with Crippen LogP contribution in [0.25, 0.3) is 5.69 Å². The maximum absolute atomic E-state index is 10.3. The highest BCUT2D eigenvalue weighted by Crippen LogP contribution is 2.23. The Morgan fingerprint density at radius 3 is 2.64 bits per heavy atom. The molecule has 6 nitrogen and oxygen atoms in total. The summed E-state index contributed by atoms with van der Waals surface area (Å²) >= 11 is 7.31. The predicted octanol–water partition coefficient (Wildman–Crippen LogP) is 4.16. The largest absolute Gasteiger partial charge is 0.390 e. The fourth-order valence-electron chi connectivity index (χ4n) is 2.77. The van der Waals surface area contributed by atoms with Gasteiger partial charge in [0, 0.05) is 10.8 Å². The van der Waals surface area contributed by atoms with Gasteiger partial charge in [-0.2, -0.15) is 4.68 Å². The highest BCUT2D eigenvalue weighted by Gasteiger charge is 2.15. The van der Waals surface area contributed by atoms with Crippen molar-refractivity contribution in [1.82, 2.24) is 20.2 Å². The van der Waals surface area contributed by atoms with Crippen molar-refractivity contribution < 1.29 is 9.84 Å². The van der Waals surface area contributed by atoms with Gasteiger partial charge in [-0.1, -0.05) is 53.2 Å². The third-order valence-electron chi connectivity index (χ3n) is 4.30. The summed E-state index contributed by atoms with van der Waals surface area (Å²) in [6.07, 6.45) is -0.763. The number of tetrazole rings is 1.